The second-order valence-corrected chi connectivity index (χ2v) is 5.16. The number of hydrogen-bond donors (Lipinski definition) is 1. The Bertz CT molecular complexity index is 780. The number of carbonyl (C=O) groups excluding carboxylic acids is 1. The van der Waals surface area contributed by atoms with Crippen LogP contribution in [0.5, 0.6) is 0 Å². The van der Waals surface area contributed by atoms with Gasteiger partial charge in [0.15, 0.2) is 0 Å². The van der Waals surface area contributed by atoms with Gasteiger partial charge >= 0.3 is 0 Å². The SMILES string of the molecule is Cc1nnc(CCNC(=O)c2ccc(-c3ccccc3)cc2)o1. The van der Waals surface area contributed by atoms with Crippen molar-refractivity contribution in [3.8, 4) is 11.1 Å². The quantitative estimate of drug-likeness (QED) is 0.786. The molecule has 23 heavy (non-hydrogen) atoms. The molecule has 116 valence electrons. The number of amides is 1. The summed E-state index contributed by atoms with van der Waals surface area (Å²) in [5.41, 5.74) is 2.85. The van der Waals surface area contributed by atoms with Crippen molar-refractivity contribution < 1.29 is 9.21 Å². The molecule has 5 heteroatoms. The highest BCUT2D eigenvalue weighted by molar-refractivity contribution is 5.94. The minimum atomic E-state index is -0.110. The number of nitrogens with one attached hydrogen (secondary N) is 1. The first-order chi connectivity index (χ1) is 11.2. The first-order valence-electron chi connectivity index (χ1n) is 7.45. The Morgan fingerprint density at radius 2 is 1.70 bits per heavy atom. The van der Waals surface area contributed by atoms with Gasteiger partial charge in [0, 0.05) is 25.5 Å². The van der Waals surface area contributed by atoms with Crippen molar-refractivity contribution in [1.82, 2.24) is 15.5 Å². The summed E-state index contributed by atoms with van der Waals surface area (Å²) in [7, 11) is 0. The molecule has 3 rings (SSSR count). The van der Waals surface area contributed by atoms with E-state index < -0.39 is 0 Å². The van der Waals surface area contributed by atoms with Crippen LogP contribution in [0.3, 0.4) is 0 Å². The van der Waals surface area contributed by atoms with Crippen LogP contribution in [0.15, 0.2) is 59.0 Å². The maximum atomic E-state index is 12.1. The van der Waals surface area contributed by atoms with Gasteiger partial charge in [-0.25, -0.2) is 0 Å². The average Bonchev–Trinajstić information content (AvgIpc) is 3.01. The Labute approximate surface area is 134 Å². The van der Waals surface area contributed by atoms with E-state index in [9.17, 15) is 4.79 Å². The van der Waals surface area contributed by atoms with Gasteiger partial charge in [0.1, 0.15) is 0 Å². The van der Waals surface area contributed by atoms with Gasteiger partial charge < -0.3 is 9.73 Å². The summed E-state index contributed by atoms with van der Waals surface area (Å²) in [6, 6.07) is 17.6. The third-order valence-corrected chi connectivity index (χ3v) is 3.45. The van der Waals surface area contributed by atoms with Crippen LogP contribution in [0.4, 0.5) is 0 Å². The van der Waals surface area contributed by atoms with Gasteiger partial charge in [-0.05, 0) is 23.3 Å². The molecule has 1 N–H and O–H groups in total. The Morgan fingerprint density at radius 3 is 2.35 bits per heavy atom. The van der Waals surface area contributed by atoms with Crippen LogP contribution in [0.1, 0.15) is 22.1 Å². The third kappa shape index (κ3) is 3.83. The van der Waals surface area contributed by atoms with Crippen LogP contribution in [-0.2, 0) is 6.42 Å². The molecule has 0 spiro atoms. The molecule has 0 aliphatic heterocycles. The van der Waals surface area contributed by atoms with E-state index in [-0.39, 0.29) is 5.91 Å². The van der Waals surface area contributed by atoms with Crippen molar-refractivity contribution in [2.45, 2.75) is 13.3 Å². The van der Waals surface area contributed by atoms with Gasteiger partial charge in [0.25, 0.3) is 5.91 Å². The van der Waals surface area contributed by atoms with Crippen molar-refractivity contribution in [3.63, 3.8) is 0 Å². The lowest BCUT2D eigenvalue weighted by Crippen LogP contribution is -2.25. The second-order valence-electron chi connectivity index (χ2n) is 5.16. The summed E-state index contributed by atoms with van der Waals surface area (Å²) in [5, 5.41) is 10.5. The van der Waals surface area contributed by atoms with Crippen molar-refractivity contribution in [3.05, 3.63) is 71.9 Å². The molecule has 0 saturated carbocycles. The number of rotatable bonds is 5. The molecule has 1 amide bonds. The number of aromatic nitrogens is 2. The highest BCUT2D eigenvalue weighted by Crippen LogP contribution is 2.19. The van der Waals surface area contributed by atoms with Gasteiger partial charge in [-0.2, -0.15) is 0 Å². The lowest BCUT2D eigenvalue weighted by Gasteiger charge is -2.05. The zero-order valence-corrected chi connectivity index (χ0v) is 12.8. The average molecular weight is 307 g/mol. The lowest BCUT2D eigenvalue weighted by molar-refractivity contribution is 0.0953. The number of aryl methyl sites for hydroxylation is 1. The fourth-order valence-corrected chi connectivity index (χ4v) is 2.27. The van der Waals surface area contributed by atoms with Crippen molar-refractivity contribution in [2.24, 2.45) is 0 Å². The van der Waals surface area contributed by atoms with E-state index in [0.29, 0.717) is 30.3 Å². The Kier molecular flexibility index (Phi) is 4.47. The molecule has 5 nitrogen and oxygen atoms in total. The Balaban J connectivity index is 1.57. The first-order valence-corrected chi connectivity index (χ1v) is 7.45. The first kappa shape index (κ1) is 15.0. The van der Waals surface area contributed by atoms with Crippen LogP contribution < -0.4 is 5.32 Å². The molecular formula is C18H17N3O2. The monoisotopic (exact) mass is 307 g/mol. The summed E-state index contributed by atoms with van der Waals surface area (Å²) in [6.45, 7) is 2.20. The fraction of sp³-hybridized carbons (Fsp3) is 0.167. The summed E-state index contributed by atoms with van der Waals surface area (Å²) in [5.74, 6) is 0.950. The molecule has 0 aliphatic carbocycles. The van der Waals surface area contributed by atoms with Gasteiger partial charge in [-0.3, -0.25) is 4.79 Å². The van der Waals surface area contributed by atoms with E-state index in [2.05, 4.69) is 15.5 Å². The van der Waals surface area contributed by atoms with Crippen LogP contribution in [0.2, 0.25) is 0 Å². The van der Waals surface area contributed by atoms with E-state index in [1.54, 1.807) is 6.92 Å². The highest BCUT2D eigenvalue weighted by atomic mass is 16.4. The summed E-state index contributed by atoms with van der Waals surface area (Å²) >= 11 is 0. The lowest BCUT2D eigenvalue weighted by atomic mass is 10.0. The smallest absolute Gasteiger partial charge is 0.251 e. The number of hydrogen-bond acceptors (Lipinski definition) is 4. The van der Waals surface area contributed by atoms with Crippen LogP contribution in [0.25, 0.3) is 11.1 Å². The van der Waals surface area contributed by atoms with Gasteiger partial charge in [-0.1, -0.05) is 42.5 Å². The molecule has 3 aromatic rings. The maximum absolute atomic E-state index is 12.1. The van der Waals surface area contributed by atoms with E-state index in [1.807, 2.05) is 54.6 Å². The molecule has 0 bridgehead atoms. The topological polar surface area (TPSA) is 68.0 Å². The minimum Gasteiger partial charge on any atom is -0.426 e. The molecular weight excluding hydrogens is 290 g/mol. The van der Waals surface area contributed by atoms with Crippen LogP contribution >= 0.6 is 0 Å². The number of nitrogens with zero attached hydrogens (tertiary/aromatic N) is 2. The van der Waals surface area contributed by atoms with Crippen LogP contribution in [-0.4, -0.2) is 22.6 Å². The third-order valence-electron chi connectivity index (χ3n) is 3.45. The molecule has 0 fully saturated rings. The largest absolute Gasteiger partial charge is 0.426 e. The van der Waals surface area contributed by atoms with Gasteiger partial charge in [0.2, 0.25) is 11.8 Å². The zero-order valence-electron chi connectivity index (χ0n) is 12.8. The minimum absolute atomic E-state index is 0.110. The molecule has 0 atom stereocenters. The van der Waals surface area contributed by atoms with Crippen molar-refractivity contribution >= 4 is 5.91 Å². The molecule has 0 unspecified atom stereocenters. The number of benzene rings is 2. The fourth-order valence-electron chi connectivity index (χ4n) is 2.27. The Hall–Kier alpha value is -2.95. The van der Waals surface area contributed by atoms with E-state index in [4.69, 9.17) is 4.42 Å². The van der Waals surface area contributed by atoms with Crippen LogP contribution in [0, 0.1) is 6.92 Å². The highest BCUT2D eigenvalue weighted by Gasteiger charge is 2.07. The van der Waals surface area contributed by atoms with Crippen molar-refractivity contribution in [1.29, 1.82) is 0 Å². The second kappa shape index (κ2) is 6.87. The molecule has 2 aromatic carbocycles. The molecule has 1 aromatic heterocycles. The van der Waals surface area contributed by atoms with Gasteiger partial charge in [-0.15, -0.1) is 10.2 Å². The van der Waals surface area contributed by atoms with Crippen molar-refractivity contribution in [2.75, 3.05) is 6.54 Å². The van der Waals surface area contributed by atoms with E-state index in [1.165, 1.54) is 0 Å². The summed E-state index contributed by atoms with van der Waals surface area (Å²) < 4.78 is 5.26. The predicted octanol–water partition coefficient (Wildman–Crippen LogP) is 3.02. The van der Waals surface area contributed by atoms with E-state index in [0.717, 1.165) is 11.1 Å². The normalized spacial score (nSPS) is 10.5. The molecule has 0 aliphatic rings. The summed E-state index contributed by atoms with van der Waals surface area (Å²) in [4.78, 5) is 12.1. The molecule has 1 heterocycles. The van der Waals surface area contributed by atoms with Gasteiger partial charge in [0.05, 0.1) is 0 Å². The predicted molar refractivity (Wildman–Crippen MR) is 87.0 cm³/mol. The van der Waals surface area contributed by atoms with E-state index >= 15 is 0 Å². The molecule has 0 radical (unpaired) electrons. The maximum Gasteiger partial charge on any atom is 0.251 e. The standard InChI is InChI=1S/C18H17N3O2/c1-13-20-21-17(23-13)11-12-19-18(22)16-9-7-15(8-10-16)14-5-3-2-4-6-14/h2-10H,11-12H2,1H3,(H,19,22). The number of carbonyl (C=O) groups is 1. The Morgan fingerprint density at radius 1 is 1.00 bits per heavy atom. The summed E-state index contributed by atoms with van der Waals surface area (Å²) in [6.07, 6.45) is 0.522. The molecule has 0 saturated heterocycles. The zero-order chi connectivity index (χ0) is 16.1.